The molecule has 11 nitrogen and oxygen atoms in total. The maximum absolute atomic E-state index is 13.2. The average Bonchev–Trinajstić information content (AvgIpc) is 3.25. The summed E-state index contributed by atoms with van der Waals surface area (Å²) in [5, 5.41) is 15.4. The number of ether oxygens (including phenoxy) is 2. The highest BCUT2D eigenvalue weighted by Crippen LogP contribution is 2.35. The summed E-state index contributed by atoms with van der Waals surface area (Å²) >= 11 is 0. The summed E-state index contributed by atoms with van der Waals surface area (Å²) in [5.41, 5.74) is 1.69. The van der Waals surface area contributed by atoms with Crippen molar-refractivity contribution in [3.63, 3.8) is 0 Å². The molecule has 1 aliphatic heterocycles. The van der Waals surface area contributed by atoms with Gasteiger partial charge in [-0.05, 0) is 50.5 Å². The van der Waals surface area contributed by atoms with E-state index < -0.39 is 20.5 Å². The lowest BCUT2D eigenvalue weighted by molar-refractivity contribution is -0.134. The molecule has 0 spiro atoms. The fourth-order valence-electron chi connectivity index (χ4n) is 3.39. The lowest BCUT2D eigenvalue weighted by atomic mass is 9.98. The summed E-state index contributed by atoms with van der Waals surface area (Å²) < 4.78 is 40.2. The molecular weight excluding hydrogens is 442 g/mol. The van der Waals surface area contributed by atoms with Gasteiger partial charge in [0.05, 0.1) is 11.5 Å². The lowest BCUT2D eigenvalue weighted by Crippen LogP contribution is -2.54. The fraction of sp³-hybridized carbons (Fsp3) is 0.450. The summed E-state index contributed by atoms with van der Waals surface area (Å²) in [7, 11) is -4.08. The van der Waals surface area contributed by atoms with Crippen LogP contribution in [-0.2, 0) is 19.4 Å². The first-order chi connectivity index (χ1) is 15.3. The predicted octanol–water partition coefficient (Wildman–Crippen LogP) is 1.01. The number of aromatic nitrogens is 1. The summed E-state index contributed by atoms with van der Waals surface area (Å²) in [4.78, 5) is 24.1. The summed E-state index contributed by atoms with van der Waals surface area (Å²) in [6.07, 6.45) is 0.404. The molecule has 3 rings (SSSR count). The molecule has 1 aliphatic rings. The van der Waals surface area contributed by atoms with Crippen molar-refractivity contribution < 1.29 is 37.2 Å². The maximum atomic E-state index is 13.2. The van der Waals surface area contributed by atoms with Gasteiger partial charge in [-0.1, -0.05) is 5.16 Å². The molecule has 1 aromatic carbocycles. The Bertz CT molecular complexity index is 1040. The van der Waals surface area contributed by atoms with Crippen molar-refractivity contribution in [3.8, 4) is 5.75 Å². The van der Waals surface area contributed by atoms with Crippen molar-refractivity contribution in [3.05, 3.63) is 41.8 Å². The highest BCUT2D eigenvalue weighted by molar-refractivity contribution is 7.93. The molecule has 1 fully saturated rings. The first-order valence-electron chi connectivity index (χ1n) is 10.0. The van der Waals surface area contributed by atoms with E-state index in [0.29, 0.717) is 31.1 Å². The average molecular weight is 468 g/mol. The zero-order chi connectivity index (χ0) is 23.2. The summed E-state index contributed by atoms with van der Waals surface area (Å²) in [6, 6.07) is 7.25. The highest BCUT2D eigenvalue weighted by atomic mass is 32.2. The van der Waals surface area contributed by atoms with Gasteiger partial charge in [0.15, 0.2) is 20.3 Å². The normalized spacial score (nSPS) is 15.7. The number of sulfone groups is 1. The topological polar surface area (TPSA) is 157 Å². The van der Waals surface area contributed by atoms with Crippen molar-refractivity contribution in [2.45, 2.75) is 35.8 Å². The first kappa shape index (κ1) is 23.7. The van der Waals surface area contributed by atoms with Gasteiger partial charge in [0, 0.05) is 25.8 Å². The zero-order valence-electron chi connectivity index (χ0n) is 17.5. The number of nitrogens with zero attached hydrogens (tertiary/aromatic N) is 1. The van der Waals surface area contributed by atoms with Gasteiger partial charge in [0.2, 0.25) is 0 Å². The van der Waals surface area contributed by atoms with E-state index in [1.54, 1.807) is 6.92 Å². The van der Waals surface area contributed by atoms with Crippen LogP contribution in [0.3, 0.4) is 0 Å². The summed E-state index contributed by atoms with van der Waals surface area (Å²) in [6.45, 7) is 2.54. The van der Waals surface area contributed by atoms with E-state index in [2.05, 4.69) is 10.5 Å². The van der Waals surface area contributed by atoms with E-state index in [-0.39, 0.29) is 42.6 Å². The Morgan fingerprint density at radius 3 is 2.50 bits per heavy atom. The molecule has 2 aromatic rings. The first-order valence-corrected chi connectivity index (χ1v) is 11.5. The lowest BCUT2D eigenvalue weighted by Gasteiger charge is -2.34. The van der Waals surface area contributed by atoms with Crippen LogP contribution in [0.1, 0.15) is 35.5 Å². The number of carbonyl (C=O) groups excluding carboxylic acids is 2. The van der Waals surface area contributed by atoms with Crippen LogP contribution in [0.15, 0.2) is 39.8 Å². The zero-order valence-corrected chi connectivity index (χ0v) is 18.3. The smallest absolute Gasteiger partial charge is 0.273 e. The number of amides is 2. The highest BCUT2D eigenvalue weighted by Gasteiger charge is 2.52. The van der Waals surface area contributed by atoms with E-state index in [0.717, 1.165) is 0 Å². The van der Waals surface area contributed by atoms with Gasteiger partial charge in [-0.2, -0.15) is 0 Å². The van der Waals surface area contributed by atoms with Crippen LogP contribution in [0.25, 0.3) is 0 Å². The van der Waals surface area contributed by atoms with E-state index in [1.165, 1.54) is 35.8 Å². The third-order valence-corrected chi connectivity index (χ3v) is 7.72. The predicted molar refractivity (Wildman–Crippen MR) is 110 cm³/mol. The largest absolute Gasteiger partial charge is 0.494 e. The molecule has 0 saturated carbocycles. The van der Waals surface area contributed by atoms with Crippen molar-refractivity contribution in [1.82, 2.24) is 16.0 Å². The van der Waals surface area contributed by atoms with Gasteiger partial charge in [0.1, 0.15) is 11.5 Å². The van der Waals surface area contributed by atoms with Gasteiger partial charge >= 0.3 is 0 Å². The molecule has 32 heavy (non-hydrogen) atoms. The third kappa shape index (κ3) is 4.92. The third-order valence-electron chi connectivity index (χ3n) is 5.20. The maximum Gasteiger partial charge on any atom is 0.273 e. The fourth-order valence-corrected chi connectivity index (χ4v) is 5.33. The quantitative estimate of drug-likeness (QED) is 0.278. The Labute approximate surface area is 184 Å². The van der Waals surface area contributed by atoms with Crippen LogP contribution in [0.4, 0.5) is 0 Å². The number of hydroxylamine groups is 1. The molecule has 2 amide bonds. The number of hydrogen-bond acceptors (Lipinski definition) is 9. The molecule has 2 heterocycles. The van der Waals surface area contributed by atoms with Crippen LogP contribution in [-0.4, -0.2) is 61.7 Å². The van der Waals surface area contributed by atoms with E-state index in [1.807, 2.05) is 0 Å². The molecule has 0 radical (unpaired) electrons. The molecule has 1 saturated heterocycles. The van der Waals surface area contributed by atoms with Gasteiger partial charge in [-0.25, -0.2) is 13.9 Å². The van der Waals surface area contributed by atoms with Crippen LogP contribution in [0, 0.1) is 6.92 Å². The Morgan fingerprint density at radius 2 is 1.91 bits per heavy atom. The second-order valence-electron chi connectivity index (χ2n) is 7.30. The minimum absolute atomic E-state index is 0.0504. The van der Waals surface area contributed by atoms with Gasteiger partial charge in [-0.3, -0.25) is 14.8 Å². The van der Waals surface area contributed by atoms with Gasteiger partial charge < -0.3 is 19.3 Å². The van der Waals surface area contributed by atoms with Crippen LogP contribution >= 0.6 is 0 Å². The van der Waals surface area contributed by atoms with E-state index in [4.69, 9.17) is 19.2 Å². The van der Waals surface area contributed by atoms with Crippen molar-refractivity contribution >= 4 is 21.7 Å². The Kier molecular flexibility index (Phi) is 7.48. The van der Waals surface area contributed by atoms with Gasteiger partial charge in [-0.15, -0.1) is 0 Å². The monoisotopic (exact) mass is 467 g/mol. The number of benzene rings is 1. The molecule has 12 heteroatoms. The molecular formula is C20H25N3O8S. The standard InChI is InChI=1S/C20H25N3O8S/c1-14-13-17(23-31-14)18(24)21-9-2-10-30-15-3-5-16(6-4-15)32(27,28)20(19(25)22-26)7-11-29-12-8-20/h3-6,13,26H,2,7-12H2,1H3,(H,21,24)(H,22,25). The Hall–Kier alpha value is -2.96. The molecule has 174 valence electrons. The van der Waals surface area contributed by atoms with Crippen molar-refractivity contribution in [2.75, 3.05) is 26.4 Å². The molecule has 3 N–H and O–H groups in total. The van der Waals surface area contributed by atoms with Crippen LogP contribution < -0.4 is 15.5 Å². The van der Waals surface area contributed by atoms with E-state index >= 15 is 0 Å². The van der Waals surface area contributed by atoms with Crippen molar-refractivity contribution in [1.29, 1.82) is 0 Å². The number of nitrogens with one attached hydrogen (secondary N) is 2. The number of aryl methyl sites for hydroxylation is 1. The molecule has 0 atom stereocenters. The van der Waals surface area contributed by atoms with Crippen LogP contribution in [0.2, 0.25) is 0 Å². The Balaban J connectivity index is 1.55. The summed E-state index contributed by atoms with van der Waals surface area (Å²) in [5.74, 6) is -0.326. The second kappa shape index (κ2) is 10.1. The van der Waals surface area contributed by atoms with Gasteiger partial charge in [0.25, 0.3) is 11.8 Å². The Morgan fingerprint density at radius 1 is 1.22 bits per heavy atom. The molecule has 0 bridgehead atoms. The van der Waals surface area contributed by atoms with Crippen molar-refractivity contribution in [2.24, 2.45) is 0 Å². The minimum atomic E-state index is -4.08. The number of carbonyl (C=O) groups is 2. The SMILES string of the molecule is Cc1cc(C(=O)NCCCOc2ccc(S(=O)(=O)C3(C(=O)NO)CCOCC3)cc2)no1. The number of hydrogen-bond donors (Lipinski definition) is 3. The molecule has 1 aromatic heterocycles. The second-order valence-corrected chi connectivity index (χ2v) is 9.56. The number of rotatable bonds is 9. The van der Waals surface area contributed by atoms with Crippen LogP contribution in [0.5, 0.6) is 5.75 Å². The minimum Gasteiger partial charge on any atom is -0.494 e. The molecule has 0 aliphatic carbocycles. The molecule has 0 unspecified atom stereocenters. The van der Waals surface area contributed by atoms with E-state index in [9.17, 15) is 18.0 Å².